The molecule has 2 aromatic carbocycles. The Balaban J connectivity index is 1.57. The van der Waals surface area contributed by atoms with Crippen LogP contribution in [0.15, 0.2) is 66.9 Å². The van der Waals surface area contributed by atoms with Gasteiger partial charge in [0.1, 0.15) is 0 Å². The Labute approximate surface area is 154 Å². The predicted molar refractivity (Wildman–Crippen MR) is 104 cm³/mol. The van der Waals surface area contributed by atoms with Gasteiger partial charge in [-0.1, -0.05) is 54.6 Å². The van der Waals surface area contributed by atoms with E-state index >= 15 is 0 Å². The van der Waals surface area contributed by atoms with E-state index in [0.717, 1.165) is 32.6 Å². The summed E-state index contributed by atoms with van der Waals surface area (Å²) in [6.07, 6.45) is 8.30. The Kier molecular flexibility index (Phi) is 5.38. The summed E-state index contributed by atoms with van der Waals surface area (Å²) < 4.78 is 13.6. The minimum absolute atomic E-state index is 0.0762. The van der Waals surface area contributed by atoms with Crippen molar-refractivity contribution in [3.8, 4) is 0 Å². The summed E-state index contributed by atoms with van der Waals surface area (Å²) in [6.45, 7) is 2.49. The van der Waals surface area contributed by atoms with E-state index in [1.54, 1.807) is 0 Å². The highest BCUT2D eigenvalue weighted by molar-refractivity contribution is 5.88. The van der Waals surface area contributed by atoms with Gasteiger partial charge in [-0.25, -0.2) is 0 Å². The third kappa shape index (κ3) is 4.01. The van der Waals surface area contributed by atoms with Crippen LogP contribution in [0.25, 0.3) is 23.1 Å². The zero-order chi connectivity index (χ0) is 17.6. The highest BCUT2D eigenvalue weighted by atomic mass is 16.7. The molecule has 0 saturated carbocycles. The lowest BCUT2D eigenvalue weighted by Crippen LogP contribution is -2.38. The van der Waals surface area contributed by atoms with Gasteiger partial charge in [-0.05, 0) is 23.6 Å². The van der Waals surface area contributed by atoms with Gasteiger partial charge >= 0.3 is 0 Å². The molecule has 1 aliphatic rings. The summed E-state index contributed by atoms with van der Waals surface area (Å²) in [5, 5.41) is 1.26. The van der Waals surface area contributed by atoms with Crippen LogP contribution >= 0.6 is 0 Å². The molecule has 26 heavy (non-hydrogen) atoms. The molecule has 0 aliphatic carbocycles. The molecule has 132 valence electrons. The van der Waals surface area contributed by atoms with Crippen molar-refractivity contribution in [2.24, 2.45) is 0 Å². The lowest BCUT2D eigenvalue weighted by Gasteiger charge is -2.22. The molecule has 0 spiro atoms. The maximum atomic E-state index is 5.68. The fraction of sp³-hybridized carbons (Fsp3) is 0.261. The van der Waals surface area contributed by atoms with Crippen LogP contribution in [0.5, 0.6) is 0 Å². The van der Waals surface area contributed by atoms with Crippen LogP contribution in [0.1, 0.15) is 24.0 Å². The highest BCUT2D eigenvalue weighted by Gasteiger charge is 2.18. The Hall–Kier alpha value is -2.49. The van der Waals surface area contributed by atoms with Crippen molar-refractivity contribution in [2.75, 3.05) is 13.2 Å². The van der Waals surface area contributed by atoms with E-state index in [0.29, 0.717) is 0 Å². The number of ether oxygens (including phenoxy) is 2. The molecule has 0 atom stereocenters. The number of hydrogen-bond acceptors (Lipinski definition) is 2. The molecule has 0 amide bonds. The number of fused-ring (bicyclic) bond motifs is 1. The quantitative estimate of drug-likeness (QED) is 0.637. The first-order valence-corrected chi connectivity index (χ1v) is 9.28. The standard InChI is InChI=1S/C23H24NO2/c1-2-7-19(8-3-1)11-12-20-13-15-24(22-10-5-4-9-21(20)22)16-14-23-25-17-6-18-26-23/h1-5,7-13,15,23H,6,14,16-18H2/q+1. The number of aryl methyl sites for hydroxylation is 1. The minimum atomic E-state index is -0.0762. The second-order valence-corrected chi connectivity index (χ2v) is 6.54. The first-order chi connectivity index (χ1) is 12.9. The second kappa shape index (κ2) is 8.26. The van der Waals surface area contributed by atoms with Crippen molar-refractivity contribution in [3.63, 3.8) is 0 Å². The molecule has 0 N–H and O–H groups in total. The molecular weight excluding hydrogens is 322 g/mol. The lowest BCUT2D eigenvalue weighted by molar-refractivity contribution is -0.673. The number of nitrogens with zero attached hydrogens (tertiary/aromatic N) is 1. The van der Waals surface area contributed by atoms with Crippen LogP contribution in [0.3, 0.4) is 0 Å². The molecule has 2 heterocycles. The second-order valence-electron chi connectivity index (χ2n) is 6.54. The average Bonchev–Trinajstić information content (AvgIpc) is 2.72. The summed E-state index contributed by atoms with van der Waals surface area (Å²) in [4.78, 5) is 0. The lowest BCUT2D eigenvalue weighted by atomic mass is 10.1. The molecule has 3 heteroatoms. The van der Waals surface area contributed by atoms with Gasteiger partial charge in [0.05, 0.1) is 25.0 Å². The van der Waals surface area contributed by atoms with E-state index in [4.69, 9.17) is 9.47 Å². The molecule has 1 saturated heterocycles. The number of aromatic nitrogens is 1. The Bertz CT molecular complexity index is 883. The number of hydrogen-bond donors (Lipinski definition) is 0. The Morgan fingerprint density at radius 1 is 0.885 bits per heavy atom. The van der Waals surface area contributed by atoms with Crippen molar-refractivity contribution in [2.45, 2.75) is 25.7 Å². The molecule has 3 aromatic rings. The monoisotopic (exact) mass is 346 g/mol. The van der Waals surface area contributed by atoms with Crippen LogP contribution in [0, 0.1) is 0 Å². The fourth-order valence-electron chi connectivity index (χ4n) is 3.35. The zero-order valence-electron chi connectivity index (χ0n) is 14.9. The molecule has 4 rings (SSSR count). The van der Waals surface area contributed by atoms with E-state index in [-0.39, 0.29) is 6.29 Å². The predicted octanol–water partition coefficient (Wildman–Crippen LogP) is 4.45. The van der Waals surface area contributed by atoms with Gasteiger partial charge < -0.3 is 9.47 Å². The summed E-state index contributed by atoms with van der Waals surface area (Å²) in [7, 11) is 0. The Morgan fingerprint density at radius 3 is 2.50 bits per heavy atom. The van der Waals surface area contributed by atoms with Crippen molar-refractivity contribution >= 4 is 23.1 Å². The number of para-hydroxylation sites is 1. The smallest absolute Gasteiger partial charge is 0.213 e. The maximum absolute atomic E-state index is 5.68. The summed E-state index contributed by atoms with van der Waals surface area (Å²) >= 11 is 0. The van der Waals surface area contributed by atoms with Crippen molar-refractivity contribution in [3.05, 3.63) is 78.0 Å². The van der Waals surface area contributed by atoms with Gasteiger partial charge in [-0.2, -0.15) is 4.57 Å². The summed E-state index contributed by atoms with van der Waals surface area (Å²) in [5.41, 5.74) is 3.67. The van der Waals surface area contributed by atoms with Gasteiger partial charge in [0.25, 0.3) is 0 Å². The van der Waals surface area contributed by atoms with E-state index in [9.17, 15) is 0 Å². The molecule has 1 fully saturated rings. The van der Waals surface area contributed by atoms with Gasteiger partial charge in [0.2, 0.25) is 5.52 Å². The van der Waals surface area contributed by atoms with E-state index in [2.05, 4.69) is 77.5 Å². The molecule has 1 aliphatic heterocycles. The number of pyridine rings is 1. The van der Waals surface area contributed by atoms with Crippen LogP contribution in [-0.4, -0.2) is 19.5 Å². The SMILES string of the molecule is C(=Cc1cc[n+](CCC2OCCCO2)c2ccccc12)c1ccccc1. The average molecular weight is 346 g/mol. The largest absolute Gasteiger partial charge is 0.352 e. The molecule has 0 unspecified atom stereocenters. The Morgan fingerprint density at radius 2 is 1.65 bits per heavy atom. The van der Waals surface area contributed by atoms with Crippen LogP contribution in [0.2, 0.25) is 0 Å². The third-order valence-corrected chi connectivity index (χ3v) is 4.72. The van der Waals surface area contributed by atoms with Gasteiger partial charge in [-0.15, -0.1) is 0 Å². The van der Waals surface area contributed by atoms with Crippen LogP contribution in [0.4, 0.5) is 0 Å². The highest BCUT2D eigenvalue weighted by Crippen LogP contribution is 2.18. The number of benzene rings is 2. The van der Waals surface area contributed by atoms with Crippen molar-refractivity contribution in [1.29, 1.82) is 0 Å². The van der Waals surface area contributed by atoms with Gasteiger partial charge in [-0.3, -0.25) is 0 Å². The molecule has 1 aromatic heterocycles. The van der Waals surface area contributed by atoms with Crippen LogP contribution in [-0.2, 0) is 16.0 Å². The molecule has 3 nitrogen and oxygen atoms in total. The minimum Gasteiger partial charge on any atom is -0.352 e. The third-order valence-electron chi connectivity index (χ3n) is 4.72. The van der Waals surface area contributed by atoms with E-state index in [1.807, 2.05) is 6.07 Å². The number of rotatable bonds is 5. The van der Waals surface area contributed by atoms with E-state index < -0.39 is 0 Å². The summed E-state index contributed by atoms with van der Waals surface area (Å²) in [5.74, 6) is 0. The van der Waals surface area contributed by atoms with E-state index in [1.165, 1.54) is 22.0 Å². The summed E-state index contributed by atoms with van der Waals surface area (Å²) in [6, 6.07) is 21.1. The topological polar surface area (TPSA) is 22.3 Å². The molecule has 0 radical (unpaired) electrons. The van der Waals surface area contributed by atoms with Crippen LogP contribution < -0.4 is 4.57 Å². The first kappa shape index (κ1) is 17.0. The molecule has 0 bridgehead atoms. The normalized spacial score (nSPS) is 15.7. The zero-order valence-corrected chi connectivity index (χ0v) is 14.9. The molecular formula is C23H24NO2+. The van der Waals surface area contributed by atoms with Gasteiger partial charge in [0.15, 0.2) is 19.0 Å². The van der Waals surface area contributed by atoms with Gasteiger partial charge in [0, 0.05) is 12.1 Å². The van der Waals surface area contributed by atoms with Crippen molar-refractivity contribution in [1.82, 2.24) is 0 Å². The maximum Gasteiger partial charge on any atom is 0.213 e. The van der Waals surface area contributed by atoms with Crippen molar-refractivity contribution < 1.29 is 14.0 Å². The first-order valence-electron chi connectivity index (χ1n) is 9.28. The fourth-order valence-corrected chi connectivity index (χ4v) is 3.35.